The number of esters is 1. The van der Waals surface area contributed by atoms with Gasteiger partial charge in [-0.25, -0.2) is 19.2 Å². The molecule has 0 bridgehead atoms. The zero-order valence-electron chi connectivity index (χ0n) is 15.8. The van der Waals surface area contributed by atoms with Crippen LogP contribution >= 0.6 is 11.6 Å². The molecule has 0 fully saturated rings. The monoisotopic (exact) mass is 412 g/mol. The van der Waals surface area contributed by atoms with E-state index in [1.807, 2.05) is 25.1 Å². The number of ether oxygens (including phenoxy) is 1. The van der Waals surface area contributed by atoms with Crippen LogP contribution in [0.5, 0.6) is 0 Å². The minimum atomic E-state index is -0.585. The van der Waals surface area contributed by atoms with Crippen molar-refractivity contribution in [2.45, 2.75) is 26.4 Å². The molecule has 0 saturated heterocycles. The maximum absolute atomic E-state index is 13.7. The van der Waals surface area contributed by atoms with Gasteiger partial charge in [-0.05, 0) is 43.7 Å². The van der Waals surface area contributed by atoms with Crippen molar-refractivity contribution in [2.75, 3.05) is 5.73 Å². The van der Waals surface area contributed by atoms with Crippen LogP contribution in [0.2, 0.25) is 5.02 Å². The molecule has 6 nitrogen and oxygen atoms in total. The summed E-state index contributed by atoms with van der Waals surface area (Å²) in [5.74, 6) is -1.04. The zero-order valence-corrected chi connectivity index (χ0v) is 16.6. The Morgan fingerprint density at radius 2 is 1.93 bits per heavy atom. The van der Waals surface area contributed by atoms with Gasteiger partial charge >= 0.3 is 5.97 Å². The topological polar surface area (TPSA) is 83.0 Å². The van der Waals surface area contributed by atoms with Crippen molar-refractivity contribution in [3.8, 4) is 5.69 Å². The van der Waals surface area contributed by atoms with Crippen molar-refractivity contribution in [3.63, 3.8) is 0 Å². The fourth-order valence-electron chi connectivity index (χ4n) is 3.07. The average Bonchev–Trinajstić information content (AvgIpc) is 2.99. The Bertz CT molecular complexity index is 1250. The summed E-state index contributed by atoms with van der Waals surface area (Å²) in [6.07, 6.45) is 0.376. The van der Waals surface area contributed by atoms with Crippen molar-refractivity contribution in [3.05, 3.63) is 58.9 Å². The molecule has 8 heteroatoms. The standard InChI is InChI=1S/C21H18ClFN4O2/c1-3-11(2)29-21(28)17-18-20(26-16-7-5-4-6-15(16)25-18)27(19(17)24)12-8-9-14(23)13(22)10-12/h4-11H,3,24H2,1-2H3/t11-/m1/s1. The first-order chi connectivity index (χ1) is 13.9. The van der Waals surface area contributed by atoms with E-state index in [1.165, 1.54) is 22.8 Å². The van der Waals surface area contributed by atoms with Crippen LogP contribution in [0.1, 0.15) is 30.6 Å². The highest BCUT2D eigenvalue weighted by atomic mass is 35.5. The van der Waals surface area contributed by atoms with Gasteiger partial charge in [-0.15, -0.1) is 0 Å². The first-order valence-corrected chi connectivity index (χ1v) is 9.51. The number of carbonyl (C=O) groups is 1. The van der Waals surface area contributed by atoms with Crippen LogP contribution in [0.25, 0.3) is 27.9 Å². The predicted molar refractivity (Wildman–Crippen MR) is 111 cm³/mol. The van der Waals surface area contributed by atoms with Gasteiger partial charge in [0.05, 0.1) is 27.8 Å². The largest absolute Gasteiger partial charge is 0.459 e. The minimum Gasteiger partial charge on any atom is -0.459 e. The second-order valence-electron chi connectivity index (χ2n) is 6.70. The highest BCUT2D eigenvalue weighted by Gasteiger charge is 2.27. The van der Waals surface area contributed by atoms with E-state index in [2.05, 4.69) is 9.97 Å². The van der Waals surface area contributed by atoms with E-state index < -0.39 is 11.8 Å². The van der Waals surface area contributed by atoms with Crippen LogP contribution in [0, 0.1) is 5.82 Å². The highest BCUT2D eigenvalue weighted by molar-refractivity contribution is 6.31. The van der Waals surface area contributed by atoms with Crippen LogP contribution in [0.15, 0.2) is 42.5 Å². The first kappa shape index (κ1) is 19.1. The van der Waals surface area contributed by atoms with Crippen LogP contribution in [0.4, 0.5) is 10.2 Å². The molecule has 2 aromatic heterocycles. The number of carbonyl (C=O) groups excluding carboxylic acids is 1. The maximum Gasteiger partial charge on any atom is 0.344 e. The van der Waals surface area contributed by atoms with Crippen molar-refractivity contribution >= 4 is 45.6 Å². The number of halogens is 2. The SMILES string of the molecule is CC[C@@H](C)OC(=O)c1c(N)n(-c2ccc(F)c(Cl)c2)c2nc3ccccc3nc12. The van der Waals surface area contributed by atoms with Gasteiger partial charge in [0.2, 0.25) is 0 Å². The third-order valence-electron chi connectivity index (χ3n) is 4.75. The summed E-state index contributed by atoms with van der Waals surface area (Å²) in [6.45, 7) is 3.71. The molecule has 29 heavy (non-hydrogen) atoms. The maximum atomic E-state index is 13.7. The molecule has 0 aliphatic heterocycles. The summed E-state index contributed by atoms with van der Waals surface area (Å²) in [6, 6.07) is 11.4. The van der Waals surface area contributed by atoms with Gasteiger partial charge in [-0.3, -0.25) is 4.57 Å². The lowest BCUT2D eigenvalue weighted by molar-refractivity contribution is 0.0338. The number of fused-ring (bicyclic) bond motifs is 2. The van der Waals surface area contributed by atoms with Crippen molar-refractivity contribution in [1.82, 2.24) is 14.5 Å². The van der Waals surface area contributed by atoms with Gasteiger partial charge in [0.1, 0.15) is 22.7 Å². The van der Waals surface area contributed by atoms with E-state index in [-0.39, 0.29) is 22.5 Å². The predicted octanol–water partition coefficient (Wildman–Crippen LogP) is 4.90. The van der Waals surface area contributed by atoms with E-state index in [4.69, 9.17) is 22.1 Å². The smallest absolute Gasteiger partial charge is 0.344 e. The molecule has 148 valence electrons. The quantitative estimate of drug-likeness (QED) is 0.482. The first-order valence-electron chi connectivity index (χ1n) is 9.13. The lowest BCUT2D eigenvalue weighted by Crippen LogP contribution is -2.15. The molecule has 2 heterocycles. The number of anilines is 1. The summed E-state index contributed by atoms with van der Waals surface area (Å²) in [4.78, 5) is 22.1. The molecule has 0 aliphatic rings. The van der Waals surface area contributed by atoms with Crippen molar-refractivity contribution < 1.29 is 13.9 Å². The number of nitrogens with zero attached hydrogens (tertiary/aromatic N) is 3. The Balaban J connectivity index is 2.04. The Morgan fingerprint density at radius 3 is 2.59 bits per heavy atom. The molecule has 0 saturated carbocycles. The van der Waals surface area contributed by atoms with Gasteiger partial charge < -0.3 is 10.5 Å². The van der Waals surface area contributed by atoms with Crippen LogP contribution in [-0.2, 0) is 4.74 Å². The van der Waals surface area contributed by atoms with Crippen molar-refractivity contribution in [2.24, 2.45) is 0 Å². The molecule has 2 aromatic carbocycles. The van der Waals surface area contributed by atoms with Gasteiger partial charge in [-0.1, -0.05) is 30.7 Å². The minimum absolute atomic E-state index is 0.0683. The van der Waals surface area contributed by atoms with E-state index in [1.54, 1.807) is 13.0 Å². The number of aromatic nitrogens is 3. The Labute approximate surface area is 171 Å². The number of nitrogen functional groups attached to an aromatic ring is 1. The molecule has 4 aromatic rings. The third-order valence-corrected chi connectivity index (χ3v) is 5.04. The highest BCUT2D eigenvalue weighted by Crippen LogP contribution is 2.33. The number of hydrogen-bond donors (Lipinski definition) is 1. The van der Waals surface area contributed by atoms with Crippen LogP contribution < -0.4 is 5.73 Å². The molecule has 4 rings (SSSR count). The number of nitrogens with two attached hydrogens (primary N) is 1. The normalized spacial score (nSPS) is 12.4. The molecule has 0 aliphatic carbocycles. The lowest BCUT2D eigenvalue weighted by Gasteiger charge is -2.11. The number of benzene rings is 2. The molecule has 0 radical (unpaired) electrons. The summed E-state index contributed by atoms with van der Waals surface area (Å²) in [5, 5.41) is -0.0683. The van der Waals surface area contributed by atoms with Gasteiger partial charge in [0, 0.05) is 0 Å². The fourth-order valence-corrected chi connectivity index (χ4v) is 3.25. The Hall–Kier alpha value is -3.19. The molecule has 1 atom stereocenters. The molecular weight excluding hydrogens is 395 g/mol. The van der Waals surface area contributed by atoms with Gasteiger partial charge in [0.15, 0.2) is 5.65 Å². The number of rotatable bonds is 4. The number of hydrogen-bond acceptors (Lipinski definition) is 5. The number of para-hydroxylation sites is 2. The molecule has 0 amide bonds. The lowest BCUT2D eigenvalue weighted by atomic mass is 10.2. The van der Waals surface area contributed by atoms with Gasteiger partial charge in [0.25, 0.3) is 0 Å². The van der Waals surface area contributed by atoms with E-state index >= 15 is 0 Å². The van der Waals surface area contributed by atoms with Crippen molar-refractivity contribution in [1.29, 1.82) is 0 Å². The molecule has 0 unspecified atom stereocenters. The summed E-state index contributed by atoms with van der Waals surface area (Å²) >= 11 is 5.96. The molecule has 2 N–H and O–H groups in total. The summed E-state index contributed by atoms with van der Waals surface area (Å²) in [7, 11) is 0. The van der Waals surface area contributed by atoms with Crippen LogP contribution in [0.3, 0.4) is 0 Å². The Kier molecular flexibility index (Phi) is 4.84. The second kappa shape index (κ2) is 7.33. The molecular formula is C21H18ClFN4O2. The average molecular weight is 413 g/mol. The Morgan fingerprint density at radius 1 is 1.24 bits per heavy atom. The van der Waals surface area contributed by atoms with E-state index in [0.29, 0.717) is 34.3 Å². The summed E-state index contributed by atoms with van der Waals surface area (Å²) in [5.41, 5.74) is 8.88. The summed E-state index contributed by atoms with van der Waals surface area (Å²) < 4.78 is 20.7. The second-order valence-corrected chi connectivity index (χ2v) is 7.11. The zero-order chi connectivity index (χ0) is 20.7. The fraction of sp³-hybridized carbons (Fsp3) is 0.190. The van der Waals surface area contributed by atoms with Gasteiger partial charge in [-0.2, -0.15) is 0 Å². The van der Waals surface area contributed by atoms with Crippen LogP contribution in [-0.4, -0.2) is 26.6 Å². The van der Waals surface area contributed by atoms with E-state index in [0.717, 1.165) is 0 Å². The van der Waals surface area contributed by atoms with E-state index in [9.17, 15) is 9.18 Å². The molecule has 0 spiro atoms. The third kappa shape index (κ3) is 3.27.